The van der Waals surface area contributed by atoms with E-state index in [4.69, 9.17) is 0 Å². The van der Waals surface area contributed by atoms with Gasteiger partial charge in [0, 0.05) is 17.6 Å². The second-order valence-electron chi connectivity index (χ2n) is 7.51. The van der Waals surface area contributed by atoms with Gasteiger partial charge in [0.15, 0.2) is 0 Å². The highest BCUT2D eigenvalue weighted by Gasteiger charge is 2.57. The van der Waals surface area contributed by atoms with E-state index in [-0.39, 0.29) is 17.4 Å². The van der Waals surface area contributed by atoms with Gasteiger partial charge in [0.25, 0.3) is 5.56 Å². The number of anilines is 1. The minimum absolute atomic E-state index is 0.187. The highest BCUT2D eigenvalue weighted by Crippen LogP contribution is 2.46. The number of fused-ring (bicyclic) bond motifs is 2. The Kier molecular flexibility index (Phi) is 3.70. The average molecular weight is 373 g/mol. The number of hydrogen-bond donors (Lipinski definition) is 1. The normalized spacial score (nSPS) is 24.9. The summed E-state index contributed by atoms with van der Waals surface area (Å²) in [5, 5.41) is 0.908. The lowest BCUT2D eigenvalue weighted by Crippen LogP contribution is -2.37. The van der Waals surface area contributed by atoms with Crippen LogP contribution in [0.25, 0.3) is 10.9 Å². The Morgan fingerprint density at radius 3 is 2.43 bits per heavy atom. The molecule has 0 radical (unpaired) electrons. The van der Waals surface area contributed by atoms with Crippen molar-refractivity contribution in [2.24, 2.45) is 11.8 Å². The molecule has 0 unspecified atom stereocenters. The van der Waals surface area contributed by atoms with E-state index >= 15 is 0 Å². The third kappa shape index (κ3) is 2.34. The van der Waals surface area contributed by atoms with E-state index in [2.05, 4.69) is 4.98 Å². The van der Waals surface area contributed by atoms with Crippen molar-refractivity contribution in [3.05, 3.63) is 76.6 Å². The first-order valence-electron chi connectivity index (χ1n) is 9.31. The number of H-pyrrole nitrogens is 1. The van der Waals surface area contributed by atoms with Crippen LogP contribution in [0, 0.1) is 11.8 Å². The maximum Gasteiger partial charge on any atom is 0.253 e. The molecule has 2 aromatic carbocycles. The summed E-state index contributed by atoms with van der Waals surface area (Å²) in [5.41, 5.74) is 1.66. The van der Waals surface area contributed by atoms with Crippen LogP contribution in [-0.4, -0.2) is 35.3 Å². The van der Waals surface area contributed by atoms with Crippen LogP contribution in [0.4, 0.5) is 5.69 Å². The SMILES string of the molecule is CN1C[C@@H]2C(=O)N(c3ccccc3)C(=O)[C@@H]2[C@@H]1c1cc2ccccc2[nH]c1=O. The second-order valence-corrected chi connectivity index (χ2v) is 7.51. The number of carbonyl (C=O) groups excluding carboxylic acids is 2. The third-order valence-corrected chi connectivity index (χ3v) is 5.89. The lowest BCUT2D eigenvalue weighted by molar-refractivity contribution is -0.123. The molecule has 1 aromatic heterocycles. The Morgan fingerprint density at radius 2 is 1.64 bits per heavy atom. The molecule has 0 aliphatic carbocycles. The molecule has 5 rings (SSSR count). The number of pyridine rings is 1. The van der Waals surface area contributed by atoms with E-state index in [0.29, 0.717) is 17.8 Å². The van der Waals surface area contributed by atoms with E-state index in [0.717, 1.165) is 10.9 Å². The van der Waals surface area contributed by atoms with Gasteiger partial charge in [-0.15, -0.1) is 0 Å². The van der Waals surface area contributed by atoms with Crippen molar-refractivity contribution >= 4 is 28.4 Å². The molecule has 6 nitrogen and oxygen atoms in total. The summed E-state index contributed by atoms with van der Waals surface area (Å²) in [6.07, 6.45) is 0. The number of para-hydroxylation sites is 2. The quantitative estimate of drug-likeness (QED) is 0.700. The topological polar surface area (TPSA) is 73.5 Å². The molecule has 28 heavy (non-hydrogen) atoms. The van der Waals surface area contributed by atoms with Crippen molar-refractivity contribution in [2.75, 3.05) is 18.5 Å². The molecule has 2 aliphatic rings. The van der Waals surface area contributed by atoms with E-state index in [1.807, 2.05) is 60.5 Å². The predicted octanol–water partition coefficient (Wildman–Crippen LogP) is 2.32. The van der Waals surface area contributed by atoms with Gasteiger partial charge in [0.05, 0.1) is 23.6 Å². The average Bonchev–Trinajstić information content (AvgIpc) is 3.16. The van der Waals surface area contributed by atoms with Gasteiger partial charge in [-0.25, -0.2) is 4.90 Å². The lowest BCUT2D eigenvalue weighted by Gasteiger charge is -2.25. The number of imide groups is 1. The summed E-state index contributed by atoms with van der Waals surface area (Å²) >= 11 is 0. The van der Waals surface area contributed by atoms with Crippen molar-refractivity contribution in [3.63, 3.8) is 0 Å². The molecule has 2 saturated heterocycles. The zero-order valence-corrected chi connectivity index (χ0v) is 15.3. The molecule has 0 bridgehead atoms. The Bertz CT molecular complexity index is 1150. The summed E-state index contributed by atoms with van der Waals surface area (Å²) in [6.45, 7) is 0.454. The largest absolute Gasteiger partial charge is 0.322 e. The third-order valence-electron chi connectivity index (χ3n) is 5.89. The van der Waals surface area contributed by atoms with Gasteiger partial charge >= 0.3 is 0 Å². The van der Waals surface area contributed by atoms with Gasteiger partial charge in [-0.2, -0.15) is 0 Å². The Labute approximate surface area is 161 Å². The number of likely N-dealkylation sites (tertiary alicyclic amines) is 1. The lowest BCUT2D eigenvalue weighted by atomic mass is 9.89. The Hall–Kier alpha value is -3.25. The molecule has 3 heterocycles. The highest BCUT2D eigenvalue weighted by atomic mass is 16.2. The van der Waals surface area contributed by atoms with Gasteiger partial charge < -0.3 is 4.98 Å². The second kappa shape index (κ2) is 6.14. The van der Waals surface area contributed by atoms with Crippen LogP contribution in [-0.2, 0) is 9.59 Å². The van der Waals surface area contributed by atoms with Gasteiger partial charge in [-0.1, -0.05) is 36.4 Å². The van der Waals surface area contributed by atoms with Crippen molar-refractivity contribution in [1.29, 1.82) is 0 Å². The standard InChI is InChI=1S/C22H19N3O3/c1-24-12-16-18(22(28)25(21(16)27)14-8-3-2-4-9-14)19(24)15-11-13-7-5-6-10-17(13)23-20(15)26/h2-11,16,18-19H,12H2,1H3,(H,23,26)/t16-,18-,19-/m0/s1. The summed E-state index contributed by atoms with van der Waals surface area (Å²) < 4.78 is 0. The zero-order chi connectivity index (χ0) is 19.4. The molecule has 2 aliphatic heterocycles. The molecule has 6 heteroatoms. The van der Waals surface area contributed by atoms with Crippen molar-refractivity contribution in [1.82, 2.24) is 9.88 Å². The van der Waals surface area contributed by atoms with Crippen molar-refractivity contribution < 1.29 is 9.59 Å². The highest BCUT2D eigenvalue weighted by molar-refractivity contribution is 6.22. The van der Waals surface area contributed by atoms with E-state index in [9.17, 15) is 14.4 Å². The van der Waals surface area contributed by atoms with Gasteiger partial charge in [-0.05, 0) is 36.7 Å². The molecular weight excluding hydrogens is 354 g/mol. The number of carbonyl (C=O) groups is 2. The van der Waals surface area contributed by atoms with Gasteiger partial charge in [0.1, 0.15) is 0 Å². The van der Waals surface area contributed by atoms with E-state index in [1.165, 1.54) is 4.90 Å². The fourth-order valence-corrected chi connectivity index (χ4v) is 4.64. The Morgan fingerprint density at radius 1 is 0.929 bits per heavy atom. The molecule has 1 N–H and O–H groups in total. The van der Waals surface area contributed by atoms with Crippen LogP contribution in [0.1, 0.15) is 11.6 Å². The predicted molar refractivity (Wildman–Crippen MR) is 106 cm³/mol. The van der Waals surface area contributed by atoms with Crippen LogP contribution < -0.4 is 10.5 Å². The molecule has 3 atom stereocenters. The fraction of sp³-hybridized carbons (Fsp3) is 0.227. The van der Waals surface area contributed by atoms with E-state index in [1.54, 1.807) is 12.1 Å². The molecule has 3 aromatic rings. The summed E-state index contributed by atoms with van der Waals surface area (Å²) in [6, 6.07) is 18.0. The van der Waals surface area contributed by atoms with Crippen molar-refractivity contribution in [3.8, 4) is 0 Å². The summed E-state index contributed by atoms with van der Waals surface area (Å²) in [7, 11) is 1.87. The molecular formula is C22H19N3O3. The van der Waals surface area contributed by atoms with Crippen LogP contribution in [0.3, 0.4) is 0 Å². The first kappa shape index (κ1) is 16.9. The summed E-state index contributed by atoms with van der Waals surface area (Å²) in [5.74, 6) is -1.41. The van der Waals surface area contributed by atoms with E-state index < -0.39 is 17.9 Å². The first-order valence-corrected chi connectivity index (χ1v) is 9.31. The fourth-order valence-electron chi connectivity index (χ4n) is 4.64. The molecule has 2 amide bonds. The van der Waals surface area contributed by atoms with Crippen LogP contribution in [0.15, 0.2) is 65.5 Å². The van der Waals surface area contributed by atoms with Crippen LogP contribution in [0.2, 0.25) is 0 Å². The van der Waals surface area contributed by atoms with Gasteiger partial charge in [0.2, 0.25) is 11.8 Å². The minimum Gasteiger partial charge on any atom is -0.322 e. The smallest absolute Gasteiger partial charge is 0.253 e. The number of hydrogen-bond acceptors (Lipinski definition) is 4. The monoisotopic (exact) mass is 373 g/mol. The summed E-state index contributed by atoms with van der Waals surface area (Å²) in [4.78, 5) is 45.2. The number of aromatic nitrogens is 1. The maximum absolute atomic E-state index is 13.3. The molecule has 140 valence electrons. The maximum atomic E-state index is 13.3. The Balaban J connectivity index is 1.60. The minimum atomic E-state index is -0.556. The first-order chi connectivity index (χ1) is 13.6. The molecule has 0 saturated carbocycles. The number of rotatable bonds is 2. The number of aromatic amines is 1. The van der Waals surface area contributed by atoms with Crippen molar-refractivity contribution in [2.45, 2.75) is 6.04 Å². The molecule has 2 fully saturated rings. The molecule has 0 spiro atoms. The number of nitrogens with one attached hydrogen (secondary N) is 1. The van der Waals surface area contributed by atoms with Crippen LogP contribution in [0.5, 0.6) is 0 Å². The van der Waals surface area contributed by atoms with Crippen LogP contribution >= 0.6 is 0 Å². The number of benzene rings is 2. The van der Waals surface area contributed by atoms with Gasteiger partial charge in [-0.3, -0.25) is 19.3 Å². The zero-order valence-electron chi connectivity index (χ0n) is 15.3. The number of nitrogens with zero attached hydrogens (tertiary/aromatic N) is 2. The number of amides is 2.